The van der Waals surface area contributed by atoms with Crippen LogP contribution >= 0.6 is 0 Å². The third-order valence-electron chi connectivity index (χ3n) is 5.29. The van der Waals surface area contributed by atoms with Crippen LogP contribution in [-0.2, 0) is 9.59 Å². The number of carbonyl (C=O) groups excluding carboxylic acids is 1. The van der Waals surface area contributed by atoms with Crippen molar-refractivity contribution in [3.05, 3.63) is 65.0 Å². The summed E-state index contributed by atoms with van der Waals surface area (Å²) in [5.74, 6) is -1.28. The van der Waals surface area contributed by atoms with Crippen LogP contribution in [-0.4, -0.2) is 41.6 Å². The molecule has 0 radical (unpaired) electrons. The predicted molar refractivity (Wildman–Crippen MR) is 110 cm³/mol. The number of carbonyl (C=O) groups is 2. The second-order valence-electron chi connectivity index (χ2n) is 7.31. The number of aliphatic carboxylic acids is 1. The van der Waals surface area contributed by atoms with Crippen LogP contribution in [0.25, 0.3) is 22.1 Å². The maximum absolute atomic E-state index is 12.4. The molecule has 0 unspecified atom stereocenters. The van der Waals surface area contributed by atoms with Crippen LogP contribution in [0, 0.1) is 5.92 Å². The summed E-state index contributed by atoms with van der Waals surface area (Å²) in [5, 5.41) is 9.93. The number of carboxylic acids is 1. The standard InChI is InChI=1S/C23H21NO6/c25-21(24-10-4-7-16(13-24)23(27)28)14-29-17-8-9-18-19(15-5-2-1-3-6-15)12-22(26)30-20(18)11-17/h1-3,5-6,8-9,11-12,16H,4,7,10,13-14H2,(H,27,28)/t16-/m1/s1. The smallest absolute Gasteiger partial charge is 0.336 e. The van der Waals surface area contributed by atoms with Gasteiger partial charge in [-0.25, -0.2) is 4.79 Å². The lowest BCUT2D eigenvalue weighted by Gasteiger charge is -2.30. The molecule has 0 spiro atoms. The fourth-order valence-corrected chi connectivity index (χ4v) is 3.73. The van der Waals surface area contributed by atoms with E-state index in [2.05, 4.69) is 0 Å². The van der Waals surface area contributed by atoms with E-state index in [4.69, 9.17) is 14.3 Å². The van der Waals surface area contributed by atoms with Crippen molar-refractivity contribution in [3.63, 3.8) is 0 Å². The Balaban J connectivity index is 1.51. The summed E-state index contributed by atoms with van der Waals surface area (Å²) in [6.07, 6.45) is 1.24. The molecule has 1 aliphatic heterocycles. The molecule has 1 amide bonds. The van der Waals surface area contributed by atoms with Gasteiger partial charge in [0.05, 0.1) is 5.92 Å². The van der Waals surface area contributed by atoms with E-state index in [0.717, 1.165) is 16.5 Å². The molecule has 0 saturated carbocycles. The molecule has 1 fully saturated rings. The van der Waals surface area contributed by atoms with Gasteiger partial charge < -0.3 is 19.2 Å². The summed E-state index contributed by atoms with van der Waals surface area (Å²) in [6.45, 7) is 0.518. The zero-order valence-electron chi connectivity index (χ0n) is 16.2. The van der Waals surface area contributed by atoms with Gasteiger partial charge in [-0.05, 0) is 36.1 Å². The highest BCUT2D eigenvalue weighted by Gasteiger charge is 2.28. The Kier molecular flexibility index (Phi) is 5.52. The van der Waals surface area contributed by atoms with Gasteiger partial charge in [0, 0.05) is 30.6 Å². The maximum atomic E-state index is 12.4. The average Bonchev–Trinajstić information content (AvgIpc) is 2.77. The minimum absolute atomic E-state index is 0.199. The molecule has 3 aromatic rings. The third kappa shape index (κ3) is 4.20. The summed E-state index contributed by atoms with van der Waals surface area (Å²) in [5.41, 5.74) is 1.56. The first-order chi connectivity index (χ1) is 14.5. The fraction of sp³-hybridized carbons (Fsp3) is 0.261. The number of fused-ring (bicyclic) bond motifs is 1. The van der Waals surface area contributed by atoms with Gasteiger partial charge in [-0.1, -0.05) is 30.3 Å². The Morgan fingerprint density at radius 3 is 2.70 bits per heavy atom. The first kappa shape index (κ1) is 19.7. The second kappa shape index (κ2) is 8.41. The summed E-state index contributed by atoms with van der Waals surface area (Å²) in [7, 11) is 0. The Hall–Kier alpha value is -3.61. The van der Waals surface area contributed by atoms with Gasteiger partial charge in [0.1, 0.15) is 11.3 Å². The van der Waals surface area contributed by atoms with E-state index in [0.29, 0.717) is 30.7 Å². The van der Waals surface area contributed by atoms with Gasteiger partial charge in [-0.15, -0.1) is 0 Å². The minimum Gasteiger partial charge on any atom is -0.484 e. The first-order valence-corrected chi connectivity index (χ1v) is 9.78. The quantitative estimate of drug-likeness (QED) is 0.653. The van der Waals surface area contributed by atoms with Crippen molar-refractivity contribution in [1.82, 2.24) is 4.90 Å². The van der Waals surface area contributed by atoms with E-state index in [1.165, 1.54) is 11.0 Å². The lowest BCUT2D eigenvalue weighted by molar-refractivity contribution is -0.146. The van der Waals surface area contributed by atoms with Crippen molar-refractivity contribution in [3.8, 4) is 16.9 Å². The highest BCUT2D eigenvalue weighted by atomic mass is 16.5. The molecular weight excluding hydrogens is 386 g/mol. The van der Waals surface area contributed by atoms with E-state index in [-0.39, 0.29) is 19.1 Å². The monoisotopic (exact) mass is 407 g/mol. The lowest BCUT2D eigenvalue weighted by atomic mass is 9.98. The zero-order chi connectivity index (χ0) is 21.1. The molecule has 7 nitrogen and oxygen atoms in total. The number of rotatable bonds is 5. The topological polar surface area (TPSA) is 97.0 Å². The average molecular weight is 407 g/mol. The number of carboxylic acid groups (broad SMARTS) is 1. The number of nitrogens with zero attached hydrogens (tertiary/aromatic N) is 1. The number of ether oxygens (including phenoxy) is 1. The van der Waals surface area contributed by atoms with Gasteiger partial charge in [0.25, 0.3) is 5.91 Å². The molecule has 0 bridgehead atoms. The highest BCUT2D eigenvalue weighted by molar-refractivity contribution is 5.93. The van der Waals surface area contributed by atoms with Crippen LogP contribution in [0.5, 0.6) is 5.75 Å². The second-order valence-corrected chi connectivity index (χ2v) is 7.31. The van der Waals surface area contributed by atoms with Gasteiger partial charge in [-0.3, -0.25) is 9.59 Å². The molecule has 2 heterocycles. The van der Waals surface area contributed by atoms with Crippen molar-refractivity contribution in [2.24, 2.45) is 5.92 Å². The Bertz CT molecular complexity index is 1140. The van der Waals surface area contributed by atoms with Gasteiger partial charge in [0.2, 0.25) is 0 Å². The SMILES string of the molecule is O=C(O)[C@@H]1CCCN(C(=O)COc2ccc3c(-c4ccccc4)cc(=O)oc3c2)C1. The molecule has 30 heavy (non-hydrogen) atoms. The van der Waals surface area contributed by atoms with E-state index >= 15 is 0 Å². The van der Waals surface area contributed by atoms with Crippen LogP contribution in [0.15, 0.2) is 63.8 Å². The number of likely N-dealkylation sites (tertiary alicyclic amines) is 1. The summed E-state index contributed by atoms with van der Waals surface area (Å²) in [4.78, 5) is 37.2. The number of amides is 1. The van der Waals surface area contributed by atoms with Gasteiger partial charge >= 0.3 is 11.6 Å². The molecule has 1 aromatic heterocycles. The molecule has 0 aliphatic carbocycles. The number of benzene rings is 2. The molecule has 4 rings (SSSR count). The fourth-order valence-electron chi connectivity index (χ4n) is 3.73. The van der Waals surface area contributed by atoms with Crippen molar-refractivity contribution in [2.75, 3.05) is 19.7 Å². The van der Waals surface area contributed by atoms with Crippen molar-refractivity contribution in [2.45, 2.75) is 12.8 Å². The van der Waals surface area contributed by atoms with Crippen molar-refractivity contribution < 1.29 is 23.8 Å². The maximum Gasteiger partial charge on any atom is 0.336 e. The Labute approximate surface area is 172 Å². The lowest BCUT2D eigenvalue weighted by Crippen LogP contribution is -2.44. The normalized spacial score (nSPS) is 16.4. The number of hydrogen-bond donors (Lipinski definition) is 1. The zero-order valence-corrected chi connectivity index (χ0v) is 16.2. The number of hydrogen-bond acceptors (Lipinski definition) is 5. The predicted octanol–water partition coefficient (Wildman–Crippen LogP) is 3.16. The van der Waals surface area contributed by atoms with Crippen LogP contribution in [0.1, 0.15) is 12.8 Å². The number of piperidine rings is 1. The van der Waals surface area contributed by atoms with Crippen LogP contribution in [0.2, 0.25) is 0 Å². The summed E-state index contributed by atoms with van der Waals surface area (Å²) in [6, 6.07) is 16.1. The van der Waals surface area contributed by atoms with E-state index in [1.54, 1.807) is 18.2 Å². The van der Waals surface area contributed by atoms with Gasteiger partial charge in [-0.2, -0.15) is 0 Å². The van der Waals surface area contributed by atoms with E-state index in [1.807, 2.05) is 30.3 Å². The first-order valence-electron chi connectivity index (χ1n) is 9.78. The van der Waals surface area contributed by atoms with Crippen LogP contribution in [0.4, 0.5) is 0 Å². The van der Waals surface area contributed by atoms with Crippen molar-refractivity contribution >= 4 is 22.8 Å². The molecule has 1 N–H and O–H groups in total. The largest absolute Gasteiger partial charge is 0.484 e. The molecule has 154 valence electrons. The molecule has 1 aliphatic rings. The van der Waals surface area contributed by atoms with E-state index in [9.17, 15) is 14.4 Å². The van der Waals surface area contributed by atoms with E-state index < -0.39 is 17.5 Å². The summed E-state index contributed by atoms with van der Waals surface area (Å²) < 4.78 is 10.9. The highest BCUT2D eigenvalue weighted by Crippen LogP contribution is 2.29. The summed E-state index contributed by atoms with van der Waals surface area (Å²) >= 11 is 0. The minimum atomic E-state index is -0.882. The molecule has 1 atom stereocenters. The van der Waals surface area contributed by atoms with Crippen LogP contribution in [0.3, 0.4) is 0 Å². The third-order valence-corrected chi connectivity index (χ3v) is 5.29. The molecular formula is C23H21NO6. The molecule has 7 heteroatoms. The Morgan fingerprint density at radius 1 is 1.13 bits per heavy atom. The van der Waals surface area contributed by atoms with Crippen LogP contribution < -0.4 is 10.4 Å². The molecule has 2 aromatic carbocycles. The van der Waals surface area contributed by atoms with Gasteiger partial charge in [0.15, 0.2) is 6.61 Å². The Morgan fingerprint density at radius 2 is 1.93 bits per heavy atom. The van der Waals surface area contributed by atoms with Crippen molar-refractivity contribution in [1.29, 1.82) is 0 Å². The molecule has 1 saturated heterocycles.